The summed E-state index contributed by atoms with van der Waals surface area (Å²) >= 11 is 0. The van der Waals surface area contributed by atoms with Crippen LogP contribution >= 0.6 is 0 Å². The van der Waals surface area contributed by atoms with Gasteiger partial charge in [0.1, 0.15) is 0 Å². The third-order valence-corrected chi connectivity index (χ3v) is 5.49. The van der Waals surface area contributed by atoms with Crippen molar-refractivity contribution in [3.05, 3.63) is 97.3 Å². The number of pyridine rings is 2. The highest BCUT2D eigenvalue weighted by Gasteiger charge is 2.10. The van der Waals surface area contributed by atoms with Crippen molar-refractivity contribution in [3.63, 3.8) is 0 Å². The Balaban J connectivity index is 1.53. The molecule has 2 nitrogen and oxygen atoms in total. The smallest absolute Gasteiger partial charge is 0.0886 e. The number of benzene rings is 4. The molecule has 0 spiro atoms. The van der Waals surface area contributed by atoms with Crippen LogP contribution in [0.5, 0.6) is 0 Å². The molecule has 0 aliphatic carbocycles. The lowest BCUT2D eigenvalue weighted by molar-refractivity contribution is 1.25. The first-order valence-corrected chi connectivity index (χ1v) is 9.42. The van der Waals surface area contributed by atoms with E-state index in [1.54, 1.807) is 6.20 Å². The van der Waals surface area contributed by atoms with Gasteiger partial charge in [0.05, 0.1) is 11.4 Å². The molecule has 130 valence electrons. The summed E-state index contributed by atoms with van der Waals surface area (Å²) < 4.78 is 0. The number of rotatable bonds is 2. The van der Waals surface area contributed by atoms with E-state index in [9.17, 15) is 0 Å². The van der Waals surface area contributed by atoms with Gasteiger partial charge in [-0.15, -0.1) is 0 Å². The zero-order chi connectivity index (χ0) is 18.5. The molecule has 0 saturated carbocycles. The molecular weight excluding hydrogens is 340 g/mol. The van der Waals surface area contributed by atoms with E-state index in [1.165, 1.54) is 37.9 Å². The first kappa shape index (κ1) is 15.3. The van der Waals surface area contributed by atoms with Gasteiger partial charge in [0, 0.05) is 18.0 Å². The van der Waals surface area contributed by atoms with Crippen LogP contribution < -0.4 is 0 Å². The predicted molar refractivity (Wildman–Crippen MR) is 117 cm³/mol. The van der Waals surface area contributed by atoms with Crippen molar-refractivity contribution in [2.75, 3.05) is 0 Å². The average molecular weight is 356 g/mol. The van der Waals surface area contributed by atoms with E-state index >= 15 is 0 Å². The van der Waals surface area contributed by atoms with E-state index in [1.807, 2.05) is 30.5 Å². The molecule has 6 rings (SSSR count). The van der Waals surface area contributed by atoms with Gasteiger partial charge in [-0.2, -0.15) is 0 Å². The zero-order valence-corrected chi connectivity index (χ0v) is 15.1. The minimum Gasteiger partial charge on any atom is -0.255 e. The molecule has 2 heteroatoms. The molecule has 0 bridgehead atoms. The minimum absolute atomic E-state index is 0.891. The van der Waals surface area contributed by atoms with E-state index < -0.39 is 0 Å². The van der Waals surface area contributed by atoms with Crippen LogP contribution in [0.4, 0.5) is 0 Å². The maximum atomic E-state index is 4.64. The number of hydrogen-bond acceptors (Lipinski definition) is 2. The molecule has 0 N–H and O–H groups in total. The SMILES string of the molecule is c1ccc(-c2ccc(-c3cc4ccc5cccc6ccc(c3)c4c56)cn2)nc1. The Bertz CT molecular complexity index is 1370. The molecule has 0 atom stereocenters. The van der Waals surface area contributed by atoms with Gasteiger partial charge < -0.3 is 0 Å². The average Bonchev–Trinajstić information content (AvgIpc) is 2.78. The largest absolute Gasteiger partial charge is 0.255 e. The van der Waals surface area contributed by atoms with Crippen LogP contribution in [0.1, 0.15) is 0 Å². The van der Waals surface area contributed by atoms with Crippen molar-refractivity contribution in [1.29, 1.82) is 0 Å². The van der Waals surface area contributed by atoms with Gasteiger partial charge in [-0.1, -0.05) is 54.6 Å². The first-order valence-electron chi connectivity index (χ1n) is 9.42. The summed E-state index contributed by atoms with van der Waals surface area (Å²) in [5.41, 5.74) is 4.09. The highest BCUT2D eigenvalue weighted by Crippen LogP contribution is 2.37. The second-order valence-electron chi connectivity index (χ2n) is 7.15. The van der Waals surface area contributed by atoms with Crippen molar-refractivity contribution in [3.8, 4) is 22.5 Å². The summed E-state index contributed by atoms with van der Waals surface area (Å²) in [5.74, 6) is 0. The van der Waals surface area contributed by atoms with Crippen molar-refractivity contribution in [2.45, 2.75) is 0 Å². The van der Waals surface area contributed by atoms with Crippen LogP contribution in [0.2, 0.25) is 0 Å². The number of hydrogen-bond donors (Lipinski definition) is 0. The lowest BCUT2D eigenvalue weighted by Gasteiger charge is -2.12. The molecule has 28 heavy (non-hydrogen) atoms. The van der Waals surface area contributed by atoms with Crippen LogP contribution in [0.25, 0.3) is 54.8 Å². The molecule has 4 aromatic carbocycles. The Morgan fingerprint density at radius 3 is 1.79 bits per heavy atom. The summed E-state index contributed by atoms with van der Waals surface area (Å²) in [6.07, 6.45) is 3.74. The van der Waals surface area contributed by atoms with Crippen molar-refractivity contribution >= 4 is 32.3 Å². The maximum absolute atomic E-state index is 4.64. The molecule has 2 heterocycles. The topological polar surface area (TPSA) is 25.8 Å². The first-order chi connectivity index (χ1) is 13.9. The maximum Gasteiger partial charge on any atom is 0.0886 e. The molecule has 0 fully saturated rings. The second kappa shape index (κ2) is 5.86. The molecular formula is C26H16N2. The quantitative estimate of drug-likeness (QED) is 0.322. The monoisotopic (exact) mass is 356 g/mol. The fraction of sp³-hybridized carbons (Fsp3) is 0. The van der Waals surface area contributed by atoms with Gasteiger partial charge in [-0.25, -0.2) is 0 Å². The Hall–Kier alpha value is -3.78. The molecule has 0 amide bonds. The van der Waals surface area contributed by atoms with E-state index in [4.69, 9.17) is 0 Å². The van der Waals surface area contributed by atoms with Crippen LogP contribution in [0, 0.1) is 0 Å². The highest BCUT2D eigenvalue weighted by molar-refractivity contribution is 6.23. The highest BCUT2D eigenvalue weighted by atomic mass is 14.8. The Morgan fingerprint density at radius 1 is 0.464 bits per heavy atom. The third-order valence-electron chi connectivity index (χ3n) is 5.49. The summed E-state index contributed by atoms with van der Waals surface area (Å²) in [6, 6.07) is 30.0. The van der Waals surface area contributed by atoms with Gasteiger partial charge in [-0.3, -0.25) is 9.97 Å². The van der Waals surface area contributed by atoms with E-state index in [0.29, 0.717) is 0 Å². The molecule has 0 aliphatic heterocycles. The van der Waals surface area contributed by atoms with Gasteiger partial charge in [-0.05, 0) is 68.2 Å². The van der Waals surface area contributed by atoms with Crippen LogP contribution in [0.15, 0.2) is 97.3 Å². The lowest BCUT2D eigenvalue weighted by atomic mass is 9.92. The number of aromatic nitrogens is 2. The molecule has 0 saturated heterocycles. The standard InChI is InChI=1S/C26H16N2/c1-2-13-27-23(6-1)24-12-11-21(16-28-24)22-14-19-9-7-17-4-3-5-18-8-10-20(15-22)26(19)25(17)18/h1-16H. The fourth-order valence-corrected chi connectivity index (χ4v) is 4.15. The molecule has 0 unspecified atom stereocenters. The fourth-order valence-electron chi connectivity index (χ4n) is 4.15. The molecule has 0 radical (unpaired) electrons. The van der Waals surface area contributed by atoms with Crippen LogP contribution in [-0.2, 0) is 0 Å². The minimum atomic E-state index is 0.891. The third kappa shape index (κ3) is 2.28. The predicted octanol–water partition coefficient (Wildman–Crippen LogP) is 6.71. The zero-order valence-electron chi connectivity index (χ0n) is 15.1. The summed E-state index contributed by atoms with van der Waals surface area (Å²) in [5, 5.41) is 7.83. The van der Waals surface area contributed by atoms with Crippen molar-refractivity contribution < 1.29 is 0 Å². The molecule has 0 aliphatic rings. The van der Waals surface area contributed by atoms with Gasteiger partial charge >= 0.3 is 0 Å². The van der Waals surface area contributed by atoms with Crippen molar-refractivity contribution in [2.24, 2.45) is 0 Å². The van der Waals surface area contributed by atoms with Gasteiger partial charge in [0.25, 0.3) is 0 Å². The normalized spacial score (nSPS) is 11.6. The van der Waals surface area contributed by atoms with Crippen LogP contribution in [0.3, 0.4) is 0 Å². The number of nitrogens with zero attached hydrogens (tertiary/aromatic N) is 2. The Morgan fingerprint density at radius 2 is 1.14 bits per heavy atom. The molecule has 2 aromatic heterocycles. The summed E-state index contributed by atoms with van der Waals surface area (Å²) in [7, 11) is 0. The Labute approximate surface area is 162 Å². The van der Waals surface area contributed by atoms with Gasteiger partial charge in [0.2, 0.25) is 0 Å². The van der Waals surface area contributed by atoms with E-state index in [2.05, 4.69) is 70.6 Å². The Kier molecular flexibility index (Phi) is 3.20. The summed E-state index contributed by atoms with van der Waals surface area (Å²) in [4.78, 5) is 9.03. The van der Waals surface area contributed by atoms with E-state index in [-0.39, 0.29) is 0 Å². The van der Waals surface area contributed by atoms with Crippen molar-refractivity contribution in [1.82, 2.24) is 9.97 Å². The summed E-state index contributed by atoms with van der Waals surface area (Å²) in [6.45, 7) is 0. The van der Waals surface area contributed by atoms with Crippen LogP contribution in [-0.4, -0.2) is 9.97 Å². The van der Waals surface area contributed by atoms with E-state index in [0.717, 1.165) is 17.0 Å². The second-order valence-corrected chi connectivity index (χ2v) is 7.15. The lowest BCUT2D eigenvalue weighted by Crippen LogP contribution is -1.89. The van der Waals surface area contributed by atoms with Gasteiger partial charge in [0.15, 0.2) is 0 Å². The molecule has 6 aromatic rings.